The van der Waals surface area contributed by atoms with Crippen LogP contribution in [0, 0.1) is 29.8 Å². The Morgan fingerprint density at radius 1 is 1.40 bits per heavy atom. The summed E-state index contributed by atoms with van der Waals surface area (Å²) < 4.78 is 15.0. The normalized spacial score (nSPS) is 11.3. The predicted molar refractivity (Wildman–Crippen MR) is 116 cm³/mol. The molecule has 0 bridgehead atoms. The van der Waals surface area contributed by atoms with E-state index in [4.69, 9.17) is 0 Å². The zero-order chi connectivity index (χ0) is 22.2. The molecular weight excluding hydrogens is 431 g/mol. The highest BCUT2D eigenvalue weighted by Crippen LogP contribution is 2.29. The van der Waals surface area contributed by atoms with Gasteiger partial charge in [0.25, 0.3) is 5.56 Å². The molecule has 0 unspecified atom stereocenters. The van der Waals surface area contributed by atoms with Crippen LogP contribution in [0.5, 0.6) is 0 Å². The van der Waals surface area contributed by atoms with Crippen molar-refractivity contribution in [1.29, 1.82) is 0 Å². The molecule has 1 N–H and O–H groups in total. The second-order valence-electron chi connectivity index (χ2n) is 6.89. The predicted octanol–water partition coefficient (Wildman–Crippen LogP) is 4.43. The molecule has 0 radical (unpaired) electrons. The lowest BCUT2D eigenvalue weighted by molar-refractivity contribution is -0.387. The van der Waals surface area contributed by atoms with E-state index in [0.29, 0.717) is 15.4 Å². The summed E-state index contributed by atoms with van der Waals surface area (Å²) in [7, 11) is 0. The van der Waals surface area contributed by atoms with E-state index in [1.165, 1.54) is 17.4 Å². The lowest BCUT2D eigenvalue weighted by Gasteiger charge is -2.15. The summed E-state index contributed by atoms with van der Waals surface area (Å²) in [6, 6.07) is 2.98. The smallest absolute Gasteiger partial charge is 0.306 e. The van der Waals surface area contributed by atoms with E-state index in [0.717, 1.165) is 34.3 Å². The van der Waals surface area contributed by atoms with Crippen LogP contribution in [0.1, 0.15) is 30.3 Å². The summed E-state index contributed by atoms with van der Waals surface area (Å²) in [5.41, 5.74) is 0.163. The van der Waals surface area contributed by atoms with Crippen molar-refractivity contribution in [3.8, 4) is 0 Å². The number of hydrogen-bond donors (Lipinski definition) is 1. The first-order chi connectivity index (χ1) is 14.1. The van der Waals surface area contributed by atoms with Crippen molar-refractivity contribution < 1.29 is 14.1 Å². The fraction of sp³-hybridized carbons (Fsp3) is 0.316. The average molecular weight is 451 g/mol. The number of nitrogens with one attached hydrogen (secondary N) is 1. The zero-order valence-electron chi connectivity index (χ0n) is 16.7. The third-order valence-corrected chi connectivity index (χ3v) is 6.53. The number of aryl methyl sites for hydroxylation is 2. The van der Waals surface area contributed by atoms with Crippen LogP contribution in [0.15, 0.2) is 28.2 Å². The first-order valence-corrected chi connectivity index (χ1v) is 10.8. The number of thioether (sulfide) groups is 1. The molecule has 0 saturated heterocycles. The number of thiophene rings is 1. The fourth-order valence-electron chi connectivity index (χ4n) is 2.90. The third kappa shape index (κ3) is 4.21. The lowest BCUT2D eigenvalue weighted by atomic mass is 10.2. The van der Waals surface area contributed by atoms with Gasteiger partial charge in [0.1, 0.15) is 4.83 Å². The van der Waals surface area contributed by atoms with Crippen molar-refractivity contribution in [2.75, 3.05) is 11.1 Å². The number of nitro benzene ring substituents is 1. The van der Waals surface area contributed by atoms with Crippen LogP contribution in [0.4, 0.5) is 15.8 Å². The van der Waals surface area contributed by atoms with E-state index in [1.54, 1.807) is 4.57 Å². The highest BCUT2D eigenvalue weighted by atomic mass is 32.2. The van der Waals surface area contributed by atoms with E-state index < -0.39 is 22.3 Å². The van der Waals surface area contributed by atoms with Gasteiger partial charge in [0.15, 0.2) is 5.16 Å². The molecule has 0 atom stereocenters. The zero-order valence-corrected chi connectivity index (χ0v) is 18.3. The first-order valence-electron chi connectivity index (χ1n) is 8.99. The maximum Gasteiger partial charge on any atom is 0.306 e. The molecule has 2 heterocycles. The van der Waals surface area contributed by atoms with Crippen molar-refractivity contribution in [3.05, 3.63) is 54.9 Å². The molecule has 0 aliphatic carbocycles. The van der Waals surface area contributed by atoms with Crippen LogP contribution in [0.2, 0.25) is 0 Å². The number of nitro groups is 1. The largest absolute Gasteiger partial charge is 0.325 e. The van der Waals surface area contributed by atoms with E-state index in [2.05, 4.69) is 10.3 Å². The van der Waals surface area contributed by atoms with Crippen molar-refractivity contribution in [1.82, 2.24) is 9.55 Å². The van der Waals surface area contributed by atoms with Gasteiger partial charge in [-0.25, -0.2) is 4.98 Å². The van der Waals surface area contributed by atoms with Crippen LogP contribution in [-0.4, -0.2) is 26.1 Å². The van der Waals surface area contributed by atoms with Crippen LogP contribution in [0.25, 0.3) is 10.2 Å². The summed E-state index contributed by atoms with van der Waals surface area (Å²) in [4.78, 5) is 41.6. The topological polar surface area (TPSA) is 107 Å². The Bertz CT molecular complexity index is 1220. The first kappa shape index (κ1) is 21.9. The molecule has 3 aromatic rings. The Morgan fingerprint density at radius 3 is 2.73 bits per heavy atom. The van der Waals surface area contributed by atoms with Crippen LogP contribution >= 0.6 is 23.1 Å². The van der Waals surface area contributed by atoms with Gasteiger partial charge in [-0.05, 0) is 45.4 Å². The minimum absolute atomic E-state index is 0.0703. The molecule has 0 spiro atoms. The Kier molecular flexibility index (Phi) is 6.22. The average Bonchev–Trinajstić information content (AvgIpc) is 2.95. The number of aromatic nitrogens is 2. The Hall–Kier alpha value is -2.79. The summed E-state index contributed by atoms with van der Waals surface area (Å²) in [6.45, 7) is 7.56. The number of benzene rings is 1. The van der Waals surface area contributed by atoms with Gasteiger partial charge in [-0.15, -0.1) is 11.3 Å². The van der Waals surface area contributed by atoms with Gasteiger partial charge in [0.05, 0.1) is 16.1 Å². The number of amides is 1. The number of carbonyl (C=O) groups is 1. The minimum Gasteiger partial charge on any atom is -0.325 e. The number of halogens is 1. The standard InChI is InChI=1S/C19H19FN4O4S2/c1-9(2)23-18(26)16-10(3)11(4)30-17(16)22-19(23)29-8-15(25)21-12-5-6-13(20)14(7-12)24(27)28/h5-7,9H,8H2,1-4H3,(H,21,25). The number of nitrogens with zero attached hydrogens (tertiary/aromatic N) is 3. The summed E-state index contributed by atoms with van der Waals surface area (Å²) in [5, 5.41) is 14.4. The quantitative estimate of drug-likeness (QED) is 0.258. The number of fused-ring (bicyclic) bond motifs is 1. The maximum absolute atomic E-state index is 13.4. The molecule has 0 saturated carbocycles. The molecule has 8 nitrogen and oxygen atoms in total. The summed E-state index contributed by atoms with van der Waals surface area (Å²) in [6.07, 6.45) is 0. The van der Waals surface area contributed by atoms with E-state index in [-0.39, 0.29) is 23.0 Å². The molecule has 0 aliphatic heterocycles. The highest BCUT2D eigenvalue weighted by molar-refractivity contribution is 7.99. The van der Waals surface area contributed by atoms with Crippen LogP contribution < -0.4 is 10.9 Å². The Balaban J connectivity index is 1.84. The van der Waals surface area contributed by atoms with Gasteiger partial charge < -0.3 is 5.32 Å². The molecule has 1 aromatic carbocycles. The van der Waals surface area contributed by atoms with Crippen molar-refractivity contribution in [2.24, 2.45) is 0 Å². The van der Waals surface area contributed by atoms with Crippen LogP contribution in [-0.2, 0) is 4.79 Å². The Morgan fingerprint density at radius 2 is 2.10 bits per heavy atom. The molecule has 0 aliphatic rings. The van der Waals surface area contributed by atoms with Gasteiger partial charge >= 0.3 is 5.69 Å². The molecule has 11 heteroatoms. The molecule has 158 valence electrons. The van der Waals surface area contributed by atoms with Gasteiger partial charge in [0.2, 0.25) is 11.7 Å². The number of carbonyl (C=O) groups excluding carboxylic acids is 1. The number of hydrogen-bond acceptors (Lipinski definition) is 7. The van der Waals surface area contributed by atoms with E-state index in [1.807, 2.05) is 27.7 Å². The second kappa shape index (κ2) is 8.52. The lowest BCUT2D eigenvalue weighted by Crippen LogP contribution is -2.25. The number of anilines is 1. The maximum atomic E-state index is 13.4. The third-order valence-electron chi connectivity index (χ3n) is 4.48. The monoisotopic (exact) mass is 450 g/mol. The van der Waals surface area contributed by atoms with Crippen LogP contribution in [0.3, 0.4) is 0 Å². The van der Waals surface area contributed by atoms with Crippen molar-refractivity contribution >= 4 is 50.6 Å². The van der Waals surface area contributed by atoms with Crippen molar-refractivity contribution in [3.63, 3.8) is 0 Å². The molecular formula is C19H19FN4O4S2. The fourth-order valence-corrected chi connectivity index (χ4v) is 4.90. The summed E-state index contributed by atoms with van der Waals surface area (Å²) in [5.74, 6) is -1.50. The molecule has 3 rings (SSSR count). The summed E-state index contributed by atoms with van der Waals surface area (Å²) >= 11 is 2.53. The van der Waals surface area contributed by atoms with E-state index >= 15 is 0 Å². The number of rotatable bonds is 6. The minimum atomic E-state index is -0.979. The second-order valence-corrected chi connectivity index (χ2v) is 9.03. The molecule has 2 aromatic heterocycles. The van der Waals surface area contributed by atoms with Crippen molar-refractivity contribution in [2.45, 2.75) is 38.9 Å². The molecule has 1 amide bonds. The van der Waals surface area contributed by atoms with Gasteiger partial charge in [-0.1, -0.05) is 11.8 Å². The Labute approximate surface area is 179 Å². The van der Waals surface area contributed by atoms with Gasteiger partial charge in [-0.3, -0.25) is 24.3 Å². The molecule has 30 heavy (non-hydrogen) atoms. The highest BCUT2D eigenvalue weighted by Gasteiger charge is 2.20. The SMILES string of the molecule is Cc1sc2nc(SCC(=O)Nc3ccc(F)c([N+](=O)[O-])c3)n(C(C)C)c(=O)c2c1C. The molecule has 0 fully saturated rings. The van der Waals surface area contributed by atoms with E-state index in [9.17, 15) is 24.1 Å². The van der Waals surface area contributed by atoms with Gasteiger partial charge in [-0.2, -0.15) is 4.39 Å². The van der Waals surface area contributed by atoms with Gasteiger partial charge in [0, 0.05) is 22.7 Å².